The summed E-state index contributed by atoms with van der Waals surface area (Å²) in [4.78, 5) is 16.7. The predicted octanol–water partition coefficient (Wildman–Crippen LogP) is 0.179. The summed E-state index contributed by atoms with van der Waals surface area (Å²) < 4.78 is 31.1. The van der Waals surface area contributed by atoms with Crippen molar-refractivity contribution in [2.75, 3.05) is 26.0 Å². The molecule has 24 heavy (non-hydrogen) atoms. The lowest BCUT2D eigenvalue weighted by Crippen LogP contribution is -2.54. The van der Waals surface area contributed by atoms with Crippen molar-refractivity contribution in [2.45, 2.75) is 31.4 Å². The molecule has 3 atom stereocenters. The molecule has 2 saturated heterocycles. The van der Waals surface area contributed by atoms with Gasteiger partial charge in [-0.25, -0.2) is 8.42 Å². The normalized spacial score (nSPS) is 27.6. The van der Waals surface area contributed by atoms with Gasteiger partial charge in [0.2, 0.25) is 15.9 Å². The summed E-state index contributed by atoms with van der Waals surface area (Å²) in [5.74, 6) is -0.490. The highest BCUT2D eigenvalue weighted by Crippen LogP contribution is 2.32. The summed E-state index contributed by atoms with van der Waals surface area (Å²) in [6.45, 7) is 1.27. The van der Waals surface area contributed by atoms with Crippen LogP contribution in [-0.2, 0) is 26.0 Å². The second-order valence-electron chi connectivity index (χ2n) is 6.39. The molecule has 2 fully saturated rings. The number of nitrogens with zero attached hydrogens (tertiary/aromatic N) is 2. The van der Waals surface area contributed by atoms with Crippen molar-refractivity contribution in [3.63, 3.8) is 0 Å². The minimum Gasteiger partial charge on any atom is -0.376 e. The molecule has 0 radical (unpaired) electrons. The van der Waals surface area contributed by atoms with E-state index in [1.807, 2.05) is 18.2 Å². The Morgan fingerprint density at radius 3 is 3.00 bits per heavy atom. The molecule has 132 valence electrons. The van der Waals surface area contributed by atoms with Gasteiger partial charge in [-0.2, -0.15) is 4.31 Å². The Kier molecular flexibility index (Phi) is 5.17. The number of sulfonamides is 1. The van der Waals surface area contributed by atoms with E-state index < -0.39 is 10.0 Å². The maximum atomic E-state index is 12.4. The highest BCUT2D eigenvalue weighted by atomic mass is 32.2. The molecule has 7 nitrogen and oxygen atoms in total. The Morgan fingerprint density at radius 2 is 2.29 bits per heavy atom. The van der Waals surface area contributed by atoms with Crippen LogP contribution in [0.1, 0.15) is 18.5 Å². The van der Waals surface area contributed by atoms with E-state index in [9.17, 15) is 13.2 Å². The molecule has 2 aliphatic heterocycles. The molecule has 1 aromatic heterocycles. The average Bonchev–Trinajstić information content (AvgIpc) is 3.02. The van der Waals surface area contributed by atoms with Crippen molar-refractivity contribution < 1.29 is 17.9 Å². The first-order chi connectivity index (χ1) is 11.4. The third-order valence-corrected chi connectivity index (χ3v) is 5.94. The Bertz CT molecular complexity index is 680. The first-order valence-electron chi connectivity index (χ1n) is 8.21. The van der Waals surface area contributed by atoms with Crippen LogP contribution in [0.15, 0.2) is 24.4 Å². The van der Waals surface area contributed by atoms with Crippen LogP contribution in [0.2, 0.25) is 0 Å². The number of hydrogen-bond donors (Lipinski definition) is 1. The lowest BCUT2D eigenvalue weighted by Gasteiger charge is -2.38. The van der Waals surface area contributed by atoms with Crippen molar-refractivity contribution >= 4 is 15.9 Å². The Labute approximate surface area is 142 Å². The number of hydrogen-bond acceptors (Lipinski definition) is 5. The molecule has 1 N–H and O–H groups in total. The van der Waals surface area contributed by atoms with Crippen LogP contribution in [0.4, 0.5) is 0 Å². The number of amides is 1. The van der Waals surface area contributed by atoms with Crippen LogP contribution in [-0.4, -0.2) is 61.7 Å². The summed E-state index contributed by atoms with van der Waals surface area (Å²) >= 11 is 0. The topological polar surface area (TPSA) is 88.6 Å². The van der Waals surface area contributed by atoms with Crippen molar-refractivity contribution in [3.8, 4) is 0 Å². The molecule has 0 aliphatic carbocycles. The van der Waals surface area contributed by atoms with Crippen LogP contribution in [0.3, 0.4) is 0 Å². The Hall–Kier alpha value is -1.51. The zero-order valence-corrected chi connectivity index (χ0v) is 14.5. The van der Waals surface area contributed by atoms with Crippen molar-refractivity contribution in [1.82, 2.24) is 14.6 Å². The minimum atomic E-state index is -3.35. The van der Waals surface area contributed by atoms with E-state index in [1.54, 1.807) is 6.20 Å². The maximum absolute atomic E-state index is 12.4. The number of aromatic nitrogens is 1. The van der Waals surface area contributed by atoms with Crippen LogP contribution in [0.25, 0.3) is 0 Å². The van der Waals surface area contributed by atoms with Gasteiger partial charge >= 0.3 is 0 Å². The first-order valence-corrected chi connectivity index (χ1v) is 10.1. The molecule has 8 heteroatoms. The zero-order valence-electron chi connectivity index (χ0n) is 13.7. The number of fused-ring (bicyclic) bond motifs is 1. The number of pyridine rings is 1. The van der Waals surface area contributed by atoms with Crippen LogP contribution in [0, 0.1) is 5.92 Å². The number of piperidine rings is 1. The lowest BCUT2D eigenvalue weighted by molar-refractivity contribution is -0.128. The molecule has 1 amide bonds. The van der Waals surface area contributed by atoms with Crippen LogP contribution < -0.4 is 5.32 Å². The maximum Gasteiger partial charge on any atom is 0.224 e. The smallest absolute Gasteiger partial charge is 0.224 e. The fourth-order valence-corrected chi connectivity index (χ4v) is 4.66. The van der Waals surface area contributed by atoms with Crippen LogP contribution in [0.5, 0.6) is 0 Å². The third kappa shape index (κ3) is 3.93. The molecule has 0 aromatic carbocycles. The second-order valence-corrected chi connectivity index (χ2v) is 8.33. The monoisotopic (exact) mass is 353 g/mol. The van der Waals surface area contributed by atoms with Gasteiger partial charge in [0.1, 0.15) is 0 Å². The van der Waals surface area contributed by atoms with Gasteiger partial charge in [0.15, 0.2) is 0 Å². The van der Waals surface area contributed by atoms with Gasteiger partial charge in [0.05, 0.1) is 24.3 Å². The van der Waals surface area contributed by atoms with Gasteiger partial charge in [0.25, 0.3) is 0 Å². The Balaban J connectivity index is 1.58. The molecule has 0 bridgehead atoms. The summed E-state index contributed by atoms with van der Waals surface area (Å²) in [7, 11) is -3.35. The molecule has 0 saturated carbocycles. The molecular weight excluding hydrogens is 330 g/mol. The zero-order chi connectivity index (χ0) is 17.2. The number of nitrogens with one attached hydrogen (secondary N) is 1. The van der Waals surface area contributed by atoms with E-state index in [-0.39, 0.29) is 30.5 Å². The quantitative estimate of drug-likeness (QED) is 0.816. The fourth-order valence-electron chi connectivity index (χ4n) is 3.47. The van der Waals surface area contributed by atoms with Gasteiger partial charge in [-0.05, 0) is 25.0 Å². The summed E-state index contributed by atoms with van der Waals surface area (Å²) in [5.41, 5.74) is 0.915. The van der Waals surface area contributed by atoms with E-state index >= 15 is 0 Å². The largest absolute Gasteiger partial charge is 0.376 e. The van der Waals surface area contributed by atoms with Gasteiger partial charge < -0.3 is 10.1 Å². The Morgan fingerprint density at radius 1 is 1.46 bits per heavy atom. The molecule has 0 spiro atoms. The highest BCUT2D eigenvalue weighted by Gasteiger charge is 2.45. The molecule has 0 unspecified atom stereocenters. The number of rotatable bonds is 5. The highest BCUT2D eigenvalue weighted by molar-refractivity contribution is 7.88. The molecule has 2 aliphatic rings. The SMILES string of the molecule is CS(=O)(=O)N1C[C@H](C(=O)NCCc2ccccn2)C[C@@H]2OCC[C@@H]21. The van der Waals surface area contributed by atoms with E-state index in [4.69, 9.17) is 4.74 Å². The minimum absolute atomic E-state index is 0.117. The van der Waals surface area contributed by atoms with E-state index in [1.165, 1.54) is 10.6 Å². The lowest BCUT2D eigenvalue weighted by atomic mass is 9.91. The molecule has 3 heterocycles. The number of carbonyl (C=O) groups excluding carboxylic acids is 1. The first kappa shape index (κ1) is 17.3. The van der Waals surface area contributed by atoms with E-state index in [0.29, 0.717) is 32.4 Å². The van der Waals surface area contributed by atoms with Gasteiger partial charge in [-0.1, -0.05) is 6.07 Å². The van der Waals surface area contributed by atoms with E-state index in [2.05, 4.69) is 10.3 Å². The third-order valence-electron chi connectivity index (χ3n) is 4.67. The van der Waals surface area contributed by atoms with Gasteiger partial charge in [-0.3, -0.25) is 9.78 Å². The standard InChI is InChI=1S/C16H23N3O4S/c1-24(21,22)19-11-12(10-15-14(19)6-9-23-15)16(20)18-8-5-13-4-2-3-7-17-13/h2-4,7,12,14-15H,5-6,8-11H2,1H3,(H,18,20)/t12-,14+,15+/m1/s1. The second kappa shape index (κ2) is 7.16. The number of ether oxygens (including phenoxy) is 1. The van der Waals surface area contributed by atoms with Crippen molar-refractivity contribution in [2.24, 2.45) is 5.92 Å². The molecular formula is C16H23N3O4S. The fraction of sp³-hybridized carbons (Fsp3) is 0.625. The predicted molar refractivity (Wildman–Crippen MR) is 88.8 cm³/mol. The van der Waals surface area contributed by atoms with Crippen molar-refractivity contribution in [1.29, 1.82) is 0 Å². The van der Waals surface area contributed by atoms with Crippen LogP contribution >= 0.6 is 0 Å². The van der Waals surface area contributed by atoms with Gasteiger partial charge in [-0.15, -0.1) is 0 Å². The summed E-state index contributed by atoms with van der Waals surface area (Å²) in [6, 6.07) is 5.54. The average molecular weight is 353 g/mol. The van der Waals surface area contributed by atoms with E-state index in [0.717, 1.165) is 5.69 Å². The van der Waals surface area contributed by atoms with Crippen molar-refractivity contribution in [3.05, 3.63) is 30.1 Å². The summed E-state index contributed by atoms with van der Waals surface area (Å²) in [6.07, 6.45) is 4.67. The number of carbonyl (C=O) groups is 1. The summed E-state index contributed by atoms with van der Waals surface area (Å²) in [5, 5.41) is 2.90. The molecule has 1 aromatic rings. The van der Waals surface area contributed by atoms with Gasteiger partial charge in [0, 0.05) is 38.0 Å². The molecule has 3 rings (SSSR count).